The molecule has 1 amide bonds. The average molecular weight is 340 g/mol. The number of hydrogen-bond acceptors (Lipinski definition) is 3. The summed E-state index contributed by atoms with van der Waals surface area (Å²) in [5, 5.41) is 6.26. The lowest BCUT2D eigenvalue weighted by atomic mass is 10.2. The highest BCUT2D eigenvalue weighted by molar-refractivity contribution is 5.91. The van der Waals surface area contributed by atoms with Gasteiger partial charge in [0.15, 0.2) is 6.61 Å². The molecule has 0 aliphatic rings. The second-order valence-corrected chi connectivity index (χ2v) is 6.23. The Balaban J connectivity index is 1.75. The molecule has 0 spiro atoms. The standard InChI is InChI=1S/C21H28N2O2/c1-3-4-5-13-22-15-18-7-6-8-20(14-18)25-16-21(24)23-19-11-9-17(2)10-12-19/h6-12,14,22H,3-5,13,15-16H2,1-2H3,(H,23,24). The molecule has 2 N–H and O–H groups in total. The Kier molecular flexibility index (Phi) is 7.99. The van der Waals surface area contributed by atoms with Crippen molar-refractivity contribution in [2.24, 2.45) is 0 Å². The topological polar surface area (TPSA) is 50.4 Å². The van der Waals surface area contributed by atoms with Gasteiger partial charge in [-0.2, -0.15) is 0 Å². The summed E-state index contributed by atoms with van der Waals surface area (Å²) in [6.07, 6.45) is 3.69. The molecule has 4 heteroatoms. The molecule has 4 nitrogen and oxygen atoms in total. The lowest BCUT2D eigenvalue weighted by molar-refractivity contribution is -0.118. The number of amides is 1. The van der Waals surface area contributed by atoms with Gasteiger partial charge >= 0.3 is 0 Å². The van der Waals surface area contributed by atoms with Crippen LogP contribution in [0.3, 0.4) is 0 Å². The molecule has 2 aromatic rings. The Labute approximate surface area is 150 Å². The number of benzene rings is 2. The van der Waals surface area contributed by atoms with Gasteiger partial charge in [-0.25, -0.2) is 0 Å². The van der Waals surface area contributed by atoms with Gasteiger partial charge in [-0.3, -0.25) is 4.79 Å². The van der Waals surface area contributed by atoms with E-state index < -0.39 is 0 Å². The van der Waals surface area contributed by atoms with Gasteiger partial charge in [-0.1, -0.05) is 49.6 Å². The summed E-state index contributed by atoms with van der Waals surface area (Å²) in [6.45, 7) is 6.06. The van der Waals surface area contributed by atoms with E-state index in [0.29, 0.717) is 5.75 Å². The van der Waals surface area contributed by atoms with Gasteiger partial charge < -0.3 is 15.4 Å². The first-order valence-electron chi connectivity index (χ1n) is 8.96. The Hall–Kier alpha value is -2.33. The molecule has 0 heterocycles. The van der Waals surface area contributed by atoms with Crippen molar-refractivity contribution in [2.45, 2.75) is 39.7 Å². The minimum atomic E-state index is -0.160. The SMILES string of the molecule is CCCCCNCc1cccc(OCC(=O)Nc2ccc(C)cc2)c1. The van der Waals surface area contributed by atoms with E-state index in [2.05, 4.69) is 23.6 Å². The molecule has 0 aliphatic heterocycles. The molecule has 134 valence electrons. The second-order valence-electron chi connectivity index (χ2n) is 6.23. The summed E-state index contributed by atoms with van der Waals surface area (Å²) < 4.78 is 5.61. The molecule has 0 fully saturated rings. The fourth-order valence-corrected chi connectivity index (χ4v) is 2.46. The third-order valence-corrected chi connectivity index (χ3v) is 3.89. The molecule has 0 radical (unpaired) electrons. The van der Waals surface area contributed by atoms with Crippen molar-refractivity contribution in [2.75, 3.05) is 18.5 Å². The average Bonchev–Trinajstić information content (AvgIpc) is 2.62. The maximum atomic E-state index is 12.0. The highest BCUT2D eigenvalue weighted by Crippen LogP contribution is 2.14. The van der Waals surface area contributed by atoms with Crippen molar-refractivity contribution < 1.29 is 9.53 Å². The summed E-state index contributed by atoms with van der Waals surface area (Å²) in [5.41, 5.74) is 3.10. The van der Waals surface area contributed by atoms with E-state index >= 15 is 0 Å². The van der Waals surface area contributed by atoms with Crippen molar-refractivity contribution in [1.29, 1.82) is 0 Å². The quantitative estimate of drug-likeness (QED) is 0.634. The van der Waals surface area contributed by atoms with Crippen LogP contribution in [0.25, 0.3) is 0 Å². The predicted octanol–water partition coefficient (Wildman–Crippen LogP) is 4.29. The van der Waals surface area contributed by atoms with Gasteiger partial charge in [0.25, 0.3) is 5.91 Å². The van der Waals surface area contributed by atoms with E-state index in [0.717, 1.165) is 29.9 Å². The van der Waals surface area contributed by atoms with Gasteiger partial charge in [-0.05, 0) is 49.7 Å². The molecule has 0 saturated heterocycles. The normalized spacial score (nSPS) is 10.5. The molecule has 2 rings (SSSR count). The minimum Gasteiger partial charge on any atom is -0.484 e. The van der Waals surface area contributed by atoms with Crippen LogP contribution >= 0.6 is 0 Å². The van der Waals surface area contributed by atoms with Crippen LogP contribution in [0, 0.1) is 6.92 Å². The number of rotatable bonds is 10. The van der Waals surface area contributed by atoms with E-state index in [1.807, 2.05) is 49.4 Å². The zero-order valence-corrected chi connectivity index (χ0v) is 15.2. The number of anilines is 1. The third-order valence-electron chi connectivity index (χ3n) is 3.89. The molecule has 0 aromatic heterocycles. The predicted molar refractivity (Wildman–Crippen MR) is 103 cm³/mol. The number of aryl methyl sites for hydroxylation is 1. The molecule has 0 bridgehead atoms. The van der Waals surface area contributed by atoms with Crippen LogP contribution in [0.2, 0.25) is 0 Å². The summed E-state index contributed by atoms with van der Waals surface area (Å²) in [7, 11) is 0. The van der Waals surface area contributed by atoms with Crippen LogP contribution in [0.1, 0.15) is 37.3 Å². The molecule has 0 saturated carbocycles. The zero-order chi connectivity index (χ0) is 17.9. The molecule has 0 atom stereocenters. The van der Waals surface area contributed by atoms with Crippen molar-refractivity contribution >= 4 is 11.6 Å². The van der Waals surface area contributed by atoms with Gasteiger partial charge in [0.2, 0.25) is 0 Å². The van der Waals surface area contributed by atoms with Crippen molar-refractivity contribution in [3.63, 3.8) is 0 Å². The number of carbonyl (C=O) groups is 1. The van der Waals surface area contributed by atoms with Crippen molar-refractivity contribution in [1.82, 2.24) is 5.32 Å². The number of nitrogens with one attached hydrogen (secondary N) is 2. The Morgan fingerprint density at radius 2 is 1.88 bits per heavy atom. The van der Waals surface area contributed by atoms with Gasteiger partial charge in [0.1, 0.15) is 5.75 Å². The molecule has 0 unspecified atom stereocenters. The van der Waals surface area contributed by atoms with Crippen LogP contribution in [0.15, 0.2) is 48.5 Å². The van der Waals surface area contributed by atoms with Crippen LogP contribution in [0.5, 0.6) is 5.75 Å². The molecule has 2 aromatic carbocycles. The number of carbonyl (C=O) groups excluding carboxylic acids is 1. The first kappa shape index (κ1) is 19.0. The Morgan fingerprint density at radius 3 is 2.64 bits per heavy atom. The largest absolute Gasteiger partial charge is 0.484 e. The molecule has 25 heavy (non-hydrogen) atoms. The van der Waals surface area contributed by atoms with Gasteiger partial charge in [0, 0.05) is 12.2 Å². The summed E-state index contributed by atoms with van der Waals surface area (Å²) in [4.78, 5) is 12.0. The number of unbranched alkanes of at least 4 members (excludes halogenated alkanes) is 2. The van der Waals surface area contributed by atoms with Crippen LogP contribution in [-0.2, 0) is 11.3 Å². The summed E-state index contributed by atoms with van der Waals surface area (Å²) >= 11 is 0. The fraction of sp³-hybridized carbons (Fsp3) is 0.381. The second kappa shape index (κ2) is 10.5. The fourth-order valence-electron chi connectivity index (χ4n) is 2.46. The zero-order valence-electron chi connectivity index (χ0n) is 15.2. The van der Waals surface area contributed by atoms with E-state index in [9.17, 15) is 4.79 Å². The first-order valence-corrected chi connectivity index (χ1v) is 8.96. The number of ether oxygens (including phenoxy) is 1. The lowest BCUT2D eigenvalue weighted by Gasteiger charge is -2.10. The Morgan fingerprint density at radius 1 is 1.08 bits per heavy atom. The lowest BCUT2D eigenvalue weighted by Crippen LogP contribution is -2.20. The first-order chi connectivity index (χ1) is 12.2. The summed E-state index contributed by atoms with van der Waals surface area (Å²) in [6, 6.07) is 15.6. The third kappa shape index (κ3) is 7.40. The smallest absolute Gasteiger partial charge is 0.262 e. The maximum Gasteiger partial charge on any atom is 0.262 e. The van der Waals surface area contributed by atoms with E-state index in [1.165, 1.54) is 19.3 Å². The van der Waals surface area contributed by atoms with Gasteiger partial charge in [0.05, 0.1) is 0 Å². The van der Waals surface area contributed by atoms with Crippen LogP contribution in [0.4, 0.5) is 5.69 Å². The highest BCUT2D eigenvalue weighted by Gasteiger charge is 2.04. The highest BCUT2D eigenvalue weighted by atomic mass is 16.5. The molecular weight excluding hydrogens is 312 g/mol. The molecular formula is C21H28N2O2. The Bertz CT molecular complexity index is 653. The van der Waals surface area contributed by atoms with Crippen molar-refractivity contribution in [3.8, 4) is 5.75 Å². The van der Waals surface area contributed by atoms with Crippen molar-refractivity contribution in [3.05, 3.63) is 59.7 Å². The van der Waals surface area contributed by atoms with Crippen LogP contribution in [-0.4, -0.2) is 19.1 Å². The van der Waals surface area contributed by atoms with E-state index in [4.69, 9.17) is 4.74 Å². The van der Waals surface area contributed by atoms with E-state index in [-0.39, 0.29) is 12.5 Å². The maximum absolute atomic E-state index is 12.0. The molecule has 0 aliphatic carbocycles. The van der Waals surface area contributed by atoms with Gasteiger partial charge in [-0.15, -0.1) is 0 Å². The monoisotopic (exact) mass is 340 g/mol. The summed E-state index contributed by atoms with van der Waals surface area (Å²) in [5.74, 6) is 0.555. The van der Waals surface area contributed by atoms with Crippen LogP contribution < -0.4 is 15.4 Å². The number of hydrogen-bond donors (Lipinski definition) is 2. The minimum absolute atomic E-state index is 0.00125. The van der Waals surface area contributed by atoms with E-state index in [1.54, 1.807) is 0 Å².